The van der Waals surface area contributed by atoms with Gasteiger partial charge in [-0.1, -0.05) is 33.1 Å². The predicted molar refractivity (Wildman–Crippen MR) is 66.1 cm³/mol. The summed E-state index contributed by atoms with van der Waals surface area (Å²) in [7, 11) is 0. The molecule has 92 valence electrons. The van der Waals surface area contributed by atoms with Crippen molar-refractivity contribution in [2.24, 2.45) is 5.73 Å². The van der Waals surface area contributed by atoms with Gasteiger partial charge in [0.15, 0.2) is 0 Å². The van der Waals surface area contributed by atoms with Crippen molar-refractivity contribution in [2.45, 2.75) is 65.5 Å². The van der Waals surface area contributed by atoms with Crippen LogP contribution in [0.15, 0.2) is 0 Å². The van der Waals surface area contributed by atoms with E-state index in [1.807, 2.05) is 0 Å². The van der Waals surface area contributed by atoms with Gasteiger partial charge in [0.05, 0.1) is 6.54 Å². The SMILES string of the molecule is CCCCCCc1nnc(CN)n1CCC. The number of unbranched alkanes of at least 4 members (excludes halogenated alkanes) is 3. The summed E-state index contributed by atoms with van der Waals surface area (Å²) in [6.45, 7) is 5.87. The van der Waals surface area contributed by atoms with Gasteiger partial charge >= 0.3 is 0 Å². The highest BCUT2D eigenvalue weighted by molar-refractivity contribution is 4.95. The van der Waals surface area contributed by atoms with Gasteiger partial charge in [0.1, 0.15) is 11.6 Å². The molecule has 0 unspecified atom stereocenters. The zero-order valence-corrected chi connectivity index (χ0v) is 10.6. The normalized spacial score (nSPS) is 10.9. The van der Waals surface area contributed by atoms with Crippen molar-refractivity contribution in [3.8, 4) is 0 Å². The fraction of sp³-hybridized carbons (Fsp3) is 0.833. The molecule has 0 atom stereocenters. The van der Waals surface area contributed by atoms with Crippen LogP contribution in [0.3, 0.4) is 0 Å². The highest BCUT2D eigenvalue weighted by Gasteiger charge is 2.09. The Balaban J connectivity index is 2.53. The molecule has 0 bridgehead atoms. The Hall–Kier alpha value is -0.900. The molecule has 0 amide bonds. The average molecular weight is 224 g/mol. The number of aromatic nitrogens is 3. The maximum atomic E-state index is 5.65. The molecule has 0 aliphatic rings. The first kappa shape index (κ1) is 13.2. The lowest BCUT2D eigenvalue weighted by Crippen LogP contribution is -2.11. The van der Waals surface area contributed by atoms with Crippen molar-refractivity contribution >= 4 is 0 Å². The van der Waals surface area contributed by atoms with E-state index >= 15 is 0 Å². The lowest BCUT2D eigenvalue weighted by atomic mass is 10.1. The number of aryl methyl sites for hydroxylation is 1. The largest absolute Gasteiger partial charge is 0.324 e. The highest BCUT2D eigenvalue weighted by atomic mass is 15.3. The predicted octanol–water partition coefficient (Wildman–Crippen LogP) is 2.27. The fourth-order valence-corrected chi connectivity index (χ4v) is 1.90. The first-order valence-corrected chi connectivity index (χ1v) is 6.44. The van der Waals surface area contributed by atoms with Crippen molar-refractivity contribution in [3.63, 3.8) is 0 Å². The lowest BCUT2D eigenvalue weighted by Gasteiger charge is -2.07. The molecule has 0 aromatic carbocycles. The number of hydrogen-bond donors (Lipinski definition) is 1. The van der Waals surface area contributed by atoms with E-state index in [2.05, 4.69) is 28.6 Å². The maximum Gasteiger partial charge on any atom is 0.146 e. The van der Waals surface area contributed by atoms with E-state index in [1.54, 1.807) is 0 Å². The summed E-state index contributed by atoms with van der Waals surface area (Å²) >= 11 is 0. The van der Waals surface area contributed by atoms with Crippen LogP contribution in [-0.4, -0.2) is 14.8 Å². The van der Waals surface area contributed by atoms with Crippen LogP contribution in [0.5, 0.6) is 0 Å². The number of nitrogens with zero attached hydrogens (tertiary/aromatic N) is 3. The first-order valence-electron chi connectivity index (χ1n) is 6.44. The topological polar surface area (TPSA) is 56.7 Å². The minimum absolute atomic E-state index is 0.488. The van der Waals surface area contributed by atoms with E-state index in [-0.39, 0.29) is 0 Å². The molecular weight excluding hydrogens is 200 g/mol. The molecule has 2 N–H and O–H groups in total. The van der Waals surface area contributed by atoms with Crippen molar-refractivity contribution in [1.82, 2.24) is 14.8 Å². The van der Waals surface area contributed by atoms with Crippen molar-refractivity contribution in [2.75, 3.05) is 0 Å². The van der Waals surface area contributed by atoms with Crippen LogP contribution >= 0.6 is 0 Å². The monoisotopic (exact) mass is 224 g/mol. The van der Waals surface area contributed by atoms with Crippen molar-refractivity contribution in [3.05, 3.63) is 11.6 Å². The van der Waals surface area contributed by atoms with Crippen LogP contribution in [0.4, 0.5) is 0 Å². The molecule has 0 radical (unpaired) electrons. The highest BCUT2D eigenvalue weighted by Crippen LogP contribution is 2.09. The van der Waals surface area contributed by atoms with Gasteiger partial charge in [-0.15, -0.1) is 10.2 Å². The minimum Gasteiger partial charge on any atom is -0.324 e. The zero-order valence-electron chi connectivity index (χ0n) is 10.6. The van der Waals surface area contributed by atoms with E-state index in [1.165, 1.54) is 25.7 Å². The quantitative estimate of drug-likeness (QED) is 0.689. The molecule has 0 spiro atoms. The van der Waals surface area contributed by atoms with E-state index < -0.39 is 0 Å². The second-order valence-electron chi connectivity index (χ2n) is 4.20. The summed E-state index contributed by atoms with van der Waals surface area (Å²) in [5.41, 5.74) is 5.65. The van der Waals surface area contributed by atoms with E-state index in [0.717, 1.165) is 31.0 Å². The van der Waals surface area contributed by atoms with Gasteiger partial charge in [0, 0.05) is 13.0 Å². The number of hydrogen-bond acceptors (Lipinski definition) is 3. The molecule has 0 aliphatic carbocycles. The Morgan fingerprint density at radius 1 is 1.00 bits per heavy atom. The van der Waals surface area contributed by atoms with Crippen molar-refractivity contribution < 1.29 is 0 Å². The van der Waals surface area contributed by atoms with Crippen LogP contribution in [0.25, 0.3) is 0 Å². The molecule has 0 saturated heterocycles. The second kappa shape index (κ2) is 7.39. The van der Waals surface area contributed by atoms with E-state index in [9.17, 15) is 0 Å². The number of nitrogens with two attached hydrogens (primary N) is 1. The van der Waals surface area contributed by atoms with Crippen LogP contribution in [0, 0.1) is 0 Å². The lowest BCUT2D eigenvalue weighted by molar-refractivity contribution is 0.582. The van der Waals surface area contributed by atoms with E-state index in [0.29, 0.717) is 6.54 Å². The Morgan fingerprint density at radius 3 is 2.38 bits per heavy atom. The van der Waals surface area contributed by atoms with Gasteiger partial charge in [0.25, 0.3) is 0 Å². The second-order valence-corrected chi connectivity index (χ2v) is 4.20. The summed E-state index contributed by atoms with van der Waals surface area (Å²) in [5.74, 6) is 2.03. The third-order valence-corrected chi connectivity index (χ3v) is 2.79. The molecule has 1 aromatic heterocycles. The molecule has 0 fully saturated rings. The Morgan fingerprint density at radius 2 is 1.75 bits per heavy atom. The summed E-state index contributed by atoms with van der Waals surface area (Å²) in [6.07, 6.45) is 7.22. The molecule has 0 aliphatic heterocycles. The molecule has 4 nitrogen and oxygen atoms in total. The summed E-state index contributed by atoms with van der Waals surface area (Å²) in [4.78, 5) is 0. The Bertz CT molecular complexity index is 293. The van der Waals surface area contributed by atoms with Gasteiger partial charge < -0.3 is 10.3 Å². The summed E-state index contributed by atoms with van der Waals surface area (Å²) in [5, 5.41) is 8.38. The molecule has 1 heterocycles. The molecule has 1 aromatic rings. The maximum absolute atomic E-state index is 5.65. The van der Waals surface area contributed by atoms with Crippen LogP contribution in [0.2, 0.25) is 0 Å². The average Bonchev–Trinajstić information content (AvgIpc) is 2.68. The fourth-order valence-electron chi connectivity index (χ4n) is 1.90. The first-order chi connectivity index (χ1) is 7.83. The van der Waals surface area contributed by atoms with Gasteiger partial charge in [-0.25, -0.2) is 0 Å². The van der Waals surface area contributed by atoms with Gasteiger partial charge in [-0.2, -0.15) is 0 Å². The van der Waals surface area contributed by atoms with Crippen LogP contribution < -0.4 is 5.73 Å². The molecule has 1 rings (SSSR count). The summed E-state index contributed by atoms with van der Waals surface area (Å²) in [6, 6.07) is 0. The minimum atomic E-state index is 0.488. The third-order valence-electron chi connectivity index (χ3n) is 2.79. The smallest absolute Gasteiger partial charge is 0.146 e. The zero-order chi connectivity index (χ0) is 11.8. The van der Waals surface area contributed by atoms with E-state index in [4.69, 9.17) is 5.73 Å². The molecular formula is C12H24N4. The van der Waals surface area contributed by atoms with Gasteiger partial charge in [-0.3, -0.25) is 0 Å². The van der Waals surface area contributed by atoms with Crippen molar-refractivity contribution in [1.29, 1.82) is 0 Å². The Kier molecular flexibility index (Phi) is 6.08. The van der Waals surface area contributed by atoms with Crippen LogP contribution in [-0.2, 0) is 19.5 Å². The molecule has 16 heavy (non-hydrogen) atoms. The third kappa shape index (κ3) is 3.59. The van der Waals surface area contributed by atoms with Crippen LogP contribution in [0.1, 0.15) is 57.6 Å². The molecule has 4 heteroatoms. The number of rotatable bonds is 8. The summed E-state index contributed by atoms with van der Waals surface area (Å²) < 4.78 is 2.19. The molecule has 0 saturated carbocycles. The van der Waals surface area contributed by atoms with Gasteiger partial charge in [-0.05, 0) is 12.8 Å². The standard InChI is InChI=1S/C12H24N4/c1-3-5-6-7-8-11-14-15-12(10-13)16(11)9-4-2/h3-10,13H2,1-2H3. The Labute approximate surface area is 98.2 Å². The van der Waals surface area contributed by atoms with Gasteiger partial charge in [0.2, 0.25) is 0 Å².